The van der Waals surface area contributed by atoms with Gasteiger partial charge in [-0.2, -0.15) is 13.2 Å². The van der Waals surface area contributed by atoms with Crippen molar-refractivity contribution >= 4 is 0 Å². The molecule has 0 amide bonds. The second-order valence-electron chi connectivity index (χ2n) is 5.62. The van der Waals surface area contributed by atoms with Gasteiger partial charge in [0.05, 0.1) is 17.8 Å². The number of nitrogens with zero attached hydrogens (tertiary/aromatic N) is 1. The minimum Gasteiger partial charge on any atom is -0.306 e. The molecule has 0 bridgehead atoms. The number of nitrogens with one attached hydrogen (secondary N) is 1. The number of aromatic nitrogens is 1. The molecule has 2 rings (SSSR count). The van der Waals surface area contributed by atoms with E-state index in [1.165, 1.54) is 12.3 Å². The Balaban J connectivity index is 1.90. The zero-order valence-electron chi connectivity index (χ0n) is 12.0. The van der Waals surface area contributed by atoms with Gasteiger partial charge in [-0.05, 0) is 44.2 Å². The summed E-state index contributed by atoms with van der Waals surface area (Å²) >= 11 is 0. The number of hydrogen-bond donors (Lipinski definition) is 1. The van der Waals surface area contributed by atoms with Crippen molar-refractivity contribution in [2.24, 2.45) is 5.92 Å². The van der Waals surface area contributed by atoms with Gasteiger partial charge in [-0.25, -0.2) is 4.39 Å². The molecule has 2 nitrogen and oxygen atoms in total. The first-order valence-corrected chi connectivity index (χ1v) is 7.34. The maximum absolute atomic E-state index is 12.9. The summed E-state index contributed by atoms with van der Waals surface area (Å²) < 4.78 is 50.8. The summed E-state index contributed by atoms with van der Waals surface area (Å²) in [4.78, 5) is 4.05. The van der Waals surface area contributed by atoms with Crippen molar-refractivity contribution < 1.29 is 17.6 Å². The van der Waals surface area contributed by atoms with Crippen molar-refractivity contribution in [2.75, 3.05) is 0 Å². The first kappa shape index (κ1) is 16.2. The van der Waals surface area contributed by atoms with E-state index in [2.05, 4.69) is 10.3 Å². The third kappa shape index (κ3) is 4.40. The van der Waals surface area contributed by atoms with Gasteiger partial charge in [0.25, 0.3) is 0 Å². The van der Waals surface area contributed by atoms with Crippen molar-refractivity contribution in [2.45, 2.75) is 57.3 Å². The van der Waals surface area contributed by atoms with Crippen LogP contribution in [0.3, 0.4) is 0 Å². The number of halogens is 4. The molecular weight excluding hydrogens is 284 g/mol. The highest BCUT2D eigenvalue weighted by Gasteiger charge is 2.41. The number of pyridine rings is 1. The molecule has 0 aromatic carbocycles. The first-order valence-electron chi connectivity index (χ1n) is 7.34. The maximum atomic E-state index is 12.9. The van der Waals surface area contributed by atoms with Gasteiger partial charge >= 0.3 is 6.18 Å². The summed E-state index contributed by atoms with van der Waals surface area (Å²) in [5.74, 6) is -1.56. The van der Waals surface area contributed by atoms with E-state index in [4.69, 9.17) is 0 Å². The van der Waals surface area contributed by atoms with Gasteiger partial charge < -0.3 is 5.32 Å². The molecule has 1 aliphatic carbocycles. The molecule has 0 aliphatic heterocycles. The Morgan fingerprint density at radius 1 is 1.24 bits per heavy atom. The van der Waals surface area contributed by atoms with E-state index >= 15 is 0 Å². The summed E-state index contributed by atoms with van der Waals surface area (Å²) in [7, 11) is 0. The molecule has 1 aliphatic rings. The molecule has 1 fully saturated rings. The fourth-order valence-electron chi connectivity index (χ4n) is 2.88. The minimum atomic E-state index is -4.08. The second-order valence-corrected chi connectivity index (χ2v) is 5.62. The van der Waals surface area contributed by atoms with Crippen molar-refractivity contribution in [1.82, 2.24) is 10.3 Å². The molecule has 0 radical (unpaired) electrons. The molecule has 21 heavy (non-hydrogen) atoms. The summed E-state index contributed by atoms with van der Waals surface area (Å²) in [5, 5.41) is 3.36. The standard InChI is InChI=1S/C15H20F4N2/c1-2-13(14-8-5-11(16)9-20-14)21-12-6-3-10(4-7-12)15(17,18)19/h5,8-10,12-13,21H,2-4,6-7H2,1H3. The van der Waals surface area contributed by atoms with Crippen LogP contribution in [0, 0.1) is 11.7 Å². The predicted octanol–water partition coefficient (Wildman–Crippen LogP) is 4.38. The van der Waals surface area contributed by atoms with E-state index in [1.807, 2.05) is 6.92 Å². The second kappa shape index (κ2) is 6.73. The van der Waals surface area contributed by atoms with Crippen LogP contribution in [0.5, 0.6) is 0 Å². The van der Waals surface area contributed by atoms with E-state index in [-0.39, 0.29) is 30.7 Å². The maximum Gasteiger partial charge on any atom is 0.391 e. The molecule has 6 heteroatoms. The van der Waals surface area contributed by atoms with Crippen LogP contribution < -0.4 is 5.32 Å². The normalized spacial score (nSPS) is 24.8. The summed E-state index contributed by atoms with van der Waals surface area (Å²) in [6.45, 7) is 1.98. The summed E-state index contributed by atoms with van der Waals surface area (Å²) in [5.41, 5.74) is 0.733. The van der Waals surface area contributed by atoms with E-state index < -0.39 is 12.1 Å². The molecule has 118 valence electrons. The minimum absolute atomic E-state index is 0.0435. The highest BCUT2D eigenvalue weighted by molar-refractivity contribution is 5.10. The molecule has 1 saturated carbocycles. The topological polar surface area (TPSA) is 24.9 Å². The first-order chi connectivity index (χ1) is 9.90. The van der Waals surface area contributed by atoms with Crippen molar-refractivity contribution in [1.29, 1.82) is 0 Å². The average molecular weight is 304 g/mol. The number of rotatable bonds is 4. The van der Waals surface area contributed by atoms with Crippen LogP contribution in [-0.2, 0) is 0 Å². The zero-order valence-corrected chi connectivity index (χ0v) is 12.0. The summed E-state index contributed by atoms with van der Waals surface area (Å²) in [6, 6.07) is 3.00. The zero-order chi connectivity index (χ0) is 15.5. The van der Waals surface area contributed by atoms with Gasteiger partial charge in [0.15, 0.2) is 0 Å². The van der Waals surface area contributed by atoms with Crippen LogP contribution in [-0.4, -0.2) is 17.2 Å². The van der Waals surface area contributed by atoms with Crippen LogP contribution in [0.1, 0.15) is 50.8 Å². The van der Waals surface area contributed by atoms with Crippen LogP contribution in [0.15, 0.2) is 18.3 Å². The fourth-order valence-corrected chi connectivity index (χ4v) is 2.88. The van der Waals surface area contributed by atoms with Gasteiger partial charge in [-0.15, -0.1) is 0 Å². The molecule has 0 saturated heterocycles. The van der Waals surface area contributed by atoms with Gasteiger partial charge in [-0.1, -0.05) is 6.92 Å². The number of alkyl halides is 3. The van der Waals surface area contributed by atoms with Gasteiger partial charge in [0.1, 0.15) is 5.82 Å². The molecule has 1 N–H and O–H groups in total. The average Bonchev–Trinajstić information content (AvgIpc) is 2.45. The Morgan fingerprint density at radius 2 is 1.90 bits per heavy atom. The number of hydrogen-bond acceptors (Lipinski definition) is 2. The highest BCUT2D eigenvalue weighted by atomic mass is 19.4. The summed E-state index contributed by atoms with van der Waals surface area (Å²) in [6.07, 6.45) is -0.766. The van der Waals surface area contributed by atoms with E-state index in [1.54, 1.807) is 6.07 Å². The Hall–Kier alpha value is -1.17. The Bertz CT molecular complexity index is 436. The van der Waals surface area contributed by atoms with Crippen LogP contribution >= 0.6 is 0 Å². The van der Waals surface area contributed by atoms with Crippen LogP contribution in [0.25, 0.3) is 0 Å². The smallest absolute Gasteiger partial charge is 0.306 e. The lowest BCUT2D eigenvalue weighted by atomic mass is 9.85. The van der Waals surface area contributed by atoms with Crippen molar-refractivity contribution in [3.8, 4) is 0 Å². The molecular formula is C15H20F4N2. The van der Waals surface area contributed by atoms with Gasteiger partial charge in [0.2, 0.25) is 0 Å². The predicted molar refractivity (Wildman–Crippen MR) is 72.2 cm³/mol. The molecule has 1 unspecified atom stereocenters. The molecule has 1 aromatic rings. The highest BCUT2D eigenvalue weighted by Crippen LogP contribution is 2.38. The fraction of sp³-hybridized carbons (Fsp3) is 0.667. The lowest BCUT2D eigenvalue weighted by Crippen LogP contribution is -2.38. The molecule has 0 spiro atoms. The molecule has 1 aromatic heterocycles. The monoisotopic (exact) mass is 304 g/mol. The SMILES string of the molecule is CCC(NC1CCC(C(F)(F)F)CC1)c1ccc(F)cn1. The van der Waals surface area contributed by atoms with Gasteiger partial charge in [0, 0.05) is 12.1 Å². The van der Waals surface area contributed by atoms with Crippen LogP contribution in [0.4, 0.5) is 17.6 Å². The molecule has 1 heterocycles. The van der Waals surface area contributed by atoms with E-state index in [0.717, 1.165) is 12.1 Å². The van der Waals surface area contributed by atoms with E-state index in [9.17, 15) is 17.6 Å². The molecule has 1 atom stereocenters. The van der Waals surface area contributed by atoms with E-state index in [0.29, 0.717) is 12.8 Å². The van der Waals surface area contributed by atoms with Crippen molar-refractivity contribution in [3.63, 3.8) is 0 Å². The van der Waals surface area contributed by atoms with Crippen molar-refractivity contribution in [3.05, 3.63) is 29.8 Å². The third-order valence-corrected chi connectivity index (χ3v) is 4.14. The Labute approximate surface area is 122 Å². The Kier molecular flexibility index (Phi) is 5.19. The third-order valence-electron chi connectivity index (χ3n) is 4.14. The lowest BCUT2D eigenvalue weighted by molar-refractivity contribution is -0.182. The van der Waals surface area contributed by atoms with Gasteiger partial charge in [-0.3, -0.25) is 4.98 Å². The Morgan fingerprint density at radius 3 is 2.38 bits per heavy atom. The van der Waals surface area contributed by atoms with Crippen LogP contribution in [0.2, 0.25) is 0 Å². The lowest BCUT2D eigenvalue weighted by Gasteiger charge is -2.32. The largest absolute Gasteiger partial charge is 0.391 e. The quantitative estimate of drug-likeness (QED) is 0.835.